The van der Waals surface area contributed by atoms with Gasteiger partial charge in [0.05, 0.1) is 30.1 Å². The second-order valence-electron chi connectivity index (χ2n) is 5.79. The number of esters is 1. The van der Waals surface area contributed by atoms with Crippen LogP contribution in [0.15, 0.2) is 18.2 Å². The number of aromatic amines is 1. The Hall–Kier alpha value is -2.44. The molecule has 1 N–H and O–H groups in total. The number of fused-ring (bicyclic) bond motifs is 1. The van der Waals surface area contributed by atoms with Gasteiger partial charge in [-0.3, -0.25) is 9.59 Å². The molecule has 1 aliphatic rings. The van der Waals surface area contributed by atoms with Crippen LogP contribution >= 0.6 is 0 Å². The highest BCUT2D eigenvalue weighted by Crippen LogP contribution is 2.20. The molecule has 0 radical (unpaired) electrons. The number of hydrogen-bond acceptors (Lipinski definition) is 4. The molecular weight excluding hydrogens is 301 g/mol. The number of aromatic nitrogens is 2. The van der Waals surface area contributed by atoms with Gasteiger partial charge in [-0.1, -0.05) is 0 Å². The van der Waals surface area contributed by atoms with Crippen LogP contribution in [0.5, 0.6) is 0 Å². The number of carbonyl (C=O) groups is 2. The maximum absolute atomic E-state index is 13.2. The Balaban J connectivity index is 1.57. The molecule has 0 spiro atoms. The smallest absolute Gasteiger partial charge is 0.309 e. The Morgan fingerprint density at radius 2 is 2.35 bits per heavy atom. The van der Waals surface area contributed by atoms with Gasteiger partial charge >= 0.3 is 5.97 Å². The average Bonchev–Trinajstić information content (AvgIpc) is 3.09. The van der Waals surface area contributed by atoms with Crippen LogP contribution < -0.4 is 0 Å². The van der Waals surface area contributed by atoms with Crippen LogP contribution in [0.4, 0.5) is 4.39 Å². The van der Waals surface area contributed by atoms with Gasteiger partial charge in [0.1, 0.15) is 11.6 Å². The summed E-state index contributed by atoms with van der Waals surface area (Å²) >= 11 is 0. The summed E-state index contributed by atoms with van der Waals surface area (Å²) < 4.78 is 18.1. The molecule has 1 atom stereocenters. The molecule has 1 aliphatic heterocycles. The van der Waals surface area contributed by atoms with Gasteiger partial charge in [0.25, 0.3) is 0 Å². The zero-order chi connectivity index (χ0) is 16.4. The molecule has 1 amide bonds. The molecule has 2 aromatic rings. The molecule has 3 rings (SSSR count). The topological polar surface area (TPSA) is 75.3 Å². The van der Waals surface area contributed by atoms with E-state index in [1.807, 2.05) is 0 Å². The summed E-state index contributed by atoms with van der Waals surface area (Å²) in [4.78, 5) is 32.4. The van der Waals surface area contributed by atoms with Gasteiger partial charge in [0.2, 0.25) is 5.91 Å². The van der Waals surface area contributed by atoms with E-state index in [0.29, 0.717) is 49.3 Å². The molecule has 1 saturated heterocycles. The van der Waals surface area contributed by atoms with Crippen molar-refractivity contribution in [3.05, 3.63) is 29.8 Å². The van der Waals surface area contributed by atoms with Gasteiger partial charge in [-0.2, -0.15) is 0 Å². The Labute approximate surface area is 132 Å². The van der Waals surface area contributed by atoms with Gasteiger partial charge in [0, 0.05) is 13.5 Å². The molecule has 2 heterocycles. The lowest BCUT2D eigenvalue weighted by Gasteiger charge is -2.16. The Kier molecular flexibility index (Phi) is 4.27. The van der Waals surface area contributed by atoms with Crippen molar-refractivity contribution in [1.29, 1.82) is 0 Å². The predicted octanol–water partition coefficient (Wildman–Crippen LogP) is 2.00. The average molecular weight is 319 g/mol. The van der Waals surface area contributed by atoms with E-state index in [-0.39, 0.29) is 23.6 Å². The third-order valence-corrected chi connectivity index (χ3v) is 4.06. The standard InChI is InChI=1S/C16H18FN3O3/c1-20(15(21)5-2-10-6-7-23-16(10)22)9-14-18-12-4-3-11(17)8-13(12)19-14/h3-4,8,10H,2,5-7,9H2,1H3,(H,18,19)/t10-/m0/s1. The van der Waals surface area contributed by atoms with E-state index in [4.69, 9.17) is 4.74 Å². The minimum Gasteiger partial charge on any atom is -0.465 e. The molecule has 1 fully saturated rings. The number of H-pyrrole nitrogens is 1. The van der Waals surface area contributed by atoms with Crippen LogP contribution in [0.1, 0.15) is 25.1 Å². The first-order chi connectivity index (χ1) is 11.0. The number of halogens is 1. The highest BCUT2D eigenvalue weighted by molar-refractivity contribution is 5.78. The van der Waals surface area contributed by atoms with E-state index in [1.54, 1.807) is 18.0 Å². The van der Waals surface area contributed by atoms with Gasteiger partial charge in [0.15, 0.2) is 0 Å². The van der Waals surface area contributed by atoms with Crippen LogP contribution in [0.3, 0.4) is 0 Å². The number of carbonyl (C=O) groups excluding carboxylic acids is 2. The number of nitrogens with zero attached hydrogens (tertiary/aromatic N) is 2. The van der Waals surface area contributed by atoms with E-state index in [0.717, 1.165) is 0 Å². The molecule has 0 aliphatic carbocycles. The van der Waals surface area contributed by atoms with Crippen molar-refractivity contribution in [3.8, 4) is 0 Å². The van der Waals surface area contributed by atoms with E-state index in [1.165, 1.54) is 12.1 Å². The Morgan fingerprint density at radius 3 is 3.09 bits per heavy atom. The van der Waals surface area contributed by atoms with Gasteiger partial charge in [-0.25, -0.2) is 9.37 Å². The minimum absolute atomic E-state index is 0.0589. The third kappa shape index (κ3) is 3.49. The van der Waals surface area contributed by atoms with Crippen molar-refractivity contribution < 1.29 is 18.7 Å². The molecule has 122 valence electrons. The largest absolute Gasteiger partial charge is 0.465 e. The lowest BCUT2D eigenvalue weighted by molar-refractivity contribution is -0.141. The monoisotopic (exact) mass is 319 g/mol. The van der Waals surface area contributed by atoms with Crippen molar-refractivity contribution >= 4 is 22.9 Å². The van der Waals surface area contributed by atoms with Crippen molar-refractivity contribution in [2.75, 3.05) is 13.7 Å². The highest BCUT2D eigenvalue weighted by Gasteiger charge is 2.27. The molecule has 1 aromatic heterocycles. The van der Waals surface area contributed by atoms with Crippen molar-refractivity contribution in [2.24, 2.45) is 5.92 Å². The van der Waals surface area contributed by atoms with Gasteiger partial charge < -0.3 is 14.6 Å². The van der Waals surface area contributed by atoms with E-state index < -0.39 is 0 Å². The number of imidazole rings is 1. The zero-order valence-corrected chi connectivity index (χ0v) is 12.8. The SMILES string of the molecule is CN(Cc1nc2ccc(F)cc2[nH]1)C(=O)CC[C@H]1CCOC1=O. The fourth-order valence-corrected chi connectivity index (χ4v) is 2.71. The lowest BCUT2D eigenvalue weighted by atomic mass is 10.0. The number of cyclic esters (lactones) is 1. The second kappa shape index (κ2) is 6.36. The first-order valence-electron chi connectivity index (χ1n) is 7.57. The van der Waals surface area contributed by atoms with Crippen LogP contribution in [-0.2, 0) is 20.9 Å². The molecule has 7 heteroatoms. The van der Waals surface area contributed by atoms with Crippen LogP contribution in [0.2, 0.25) is 0 Å². The number of ether oxygens (including phenoxy) is 1. The van der Waals surface area contributed by atoms with Crippen LogP contribution in [-0.4, -0.2) is 40.4 Å². The predicted molar refractivity (Wildman–Crippen MR) is 80.8 cm³/mol. The van der Waals surface area contributed by atoms with Crippen molar-refractivity contribution in [1.82, 2.24) is 14.9 Å². The van der Waals surface area contributed by atoms with Crippen LogP contribution in [0.25, 0.3) is 11.0 Å². The number of hydrogen-bond donors (Lipinski definition) is 1. The minimum atomic E-state index is -0.333. The van der Waals surface area contributed by atoms with Gasteiger partial charge in [-0.05, 0) is 31.0 Å². The summed E-state index contributed by atoms with van der Waals surface area (Å²) in [6.07, 6.45) is 1.49. The third-order valence-electron chi connectivity index (χ3n) is 4.06. The summed E-state index contributed by atoms with van der Waals surface area (Å²) in [6.45, 7) is 0.757. The first-order valence-corrected chi connectivity index (χ1v) is 7.57. The molecule has 0 bridgehead atoms. The quantitative estimate of drug-likeness (QED) is 0.855. The summed E-state index contributed by atoms with van der Waals surface area (Å²) in [5, 5.41) is 0. The first kappa shape index (κ1) is 15.5. The van der Waals surface area contributed by atoms with Gasteiger partial charge in [-0.15, -0.1) is 0 Å². The fourth-order valence-electron chi connectivity index (χ4n) is 2.71. The molecule has 6 nitrogen and oxygen atoms in total. The van der Waals surface area contributed by atoms with E-state index >= 15 is 0 Å². The zero-order valence-electron chi connectivity index (χ0n) is 12.8. The maximum Gasteiger partial charge on any atom is 0.309 e. The fraction of sp³-hybridized carbons (Fsp3) is 0.438. The summed E-state index contributed by atoms with van der Waals surface area (Å²) in [6, 6.07) is 4.32. The van der Waals surface area contributed by atoms with E-state index in [2.05, 4.69) is 9.97 Å². The molecule has 23 heavy (non-hydrogen) atoms. The number of rotatable bonds is 5. The molecule has 0 saturated carbocycles. The van der Waals surface area contributed by atoms with E-state index in [9.17, 15) is 14.0 Å². The van der Waals surface area contributed by atoms with Crippen molar-refractivity contribution in [2.45, 2.75) is 25.8 Å². The molecular formula is C16H18FN3O3. The normalized spacial score (nSPS) is 17.5. The number of benzene rings is 1. The van der Waals surface area contributed by atoms with Crippen molar-refractivity contribution in [3.63, 3.8) is 0 Å². The second-order valence-corrected chi connectivity index (χ2v) is 5.79. The Bertz CT molecular complexity index is 743. The number of nitrogens with one attached hydrogen (secondary N) is 1. The maximum atomic E-state index is 13.2. The Morgan fingerprint density at radius 1 is 1.52 bits per heavy atom. The highest BCUT2D eigenvalue weighted by atomic mass is 19.1. The lowest BCUT2D eigenvalue weighted by Crippen LogP contribution is -2.27. The summed E-state index contributed by atoms with van der Waals surface area (Å²) in [5.74, 6) is -0.167. The molecule has 0 unspecified atom stereocenters. The van der Waals surface area contributed by atoms with Crippen LogP contribution in [0, 0.1) is 11.7 Å². The summed E-state index contributed by atoms with van der Waals surface area (Å²) in [5.41, 5.74) is 1.27. The molecule has 1 aromatic carbocycles. The number of amides is 1. The summed E-state index contributed by atoms with van der Waals surface area (Å²) in [7, 11) is 1.68.